The van der Waals surface area contributed by atoms with Gasteiger partial charge >= 0.3 is 0 Å². The molecule has 1 amide bonds. The molecule has 0 bridgehead atoms. The summed E-state index contributed by atoms with van der Waals surface area (Å²) >= 11 is 0. The van der Waals surface area contributed by atoms with E-state index in [2.05, 4.69) is 25.1 Å². The van der Waals surface area contributed by atoms with Gasteiger partial charge in [-0.25, -0.2) is 4.98 Å². The summed E-state index contributed by atoms with van der Waals surface area (Å²) in [6, 6.07) is 9.22. The highest BCUT2D eigenvalue weighted by Gasteiger charge is 2.32. The zero-order valence-electron chi connectivity index (χ0n) is 16.7. The number of piperidine rings is 1. The van der Waals surface area contributed by atoms with Crippen LogP contribution >= 0.6 is 0 Å². The lowest BCUT2D eigenvalue weighted by Gasteiger charge is -2.33. The van der Waals surface area contributed by atoms with Gasteiger partial charge in [-0.1, -0.05) is 18.2 Å². The largest absolute Gasteiger partial charge is 0.481 e. The van der Waals surface area contributed by atoms with Crippen molar-refractivity contribution in [1.29, 1.82) is 0 Å². The molecule has 0 spiro atoms. The van der Waals surface area contributed by atoms with Crippen LogP contribution in [-0.4, -0.2) is 49.1 Å². The molecule has 3 aromatic heterocycles. The first-order valence-corrected chi connectivity index (χ1v) is 10.2. The molecule has 0 saturated carbocycles. The summed E-state index contributed by atoms with van der Waals surface area (Å²) in [5, 5.41) is 9.23. The fraction of sp³-hybridized carbons (Fsp3) is 0.273. The second kappa shape index (κ2) is 8.47. The van der Waals surface area contributed by atoms with E-state index in [4.69, 9.17) is 9.15 Å². The number of rotatable bonds is 5. The predicted molar refractivity (Wildman–Crippen MR) is 111 cm³/mol. The van der Waals surface area contributed by atoms with Crippen molar-refractivity contribution < 1.29 is 13.9 Å². The van der Waals surface area contributed by atoms with Crippen molar-refractivity contribution >= 4 is 16.8 Å². The fourth-order valence-corrected chi connectivity index (χ4v) is 3.78. The molecular weight excluding hydrogens is 396 g/mol. The molecule has 1 aliphatic heterocycles. The van der Waals surface area contributed by atoms with Gasteiger partial charge in [0.15, 0.2) is 6.61 Å². The van der Waals surface area contributed by atoms with E-state index in [0.717, 1.165) is 30.2 Å². The van der Waals surface area contributed by atoms with Gasteiger partial charge in [0.2, 0.25) is 5.89 Å². The van der Waals surface area contributed by atoms with Crippen LogP contribution in [0.2, 0.25) is 0 Å². The normalized spacial score (nSPS) is 16.4. The first kappa shape index (κ1) is 19.1. The highest BCUT2D eigenvalue weighted by atomic mass is 16.5. The van der Waals surface area contributed by atoms with Crippen molar-refractivity contribution in [3.05, 3.63) is 61.0 Å². The third-order valence-electron chi connectivity index (χ3n) is 5.28. The van der Waals surface area contributed by atoms with Gasteiger partial charge < -0.3 is 14.1 Å². The second-order valence-corrected chi connectivity index (χ2v) is 7.25. The summed E-state index contributed by atoms with van der Waals surface area (Å²) in [6.07, 6.45) is 9.07. The monoisotopic (exact) mass is 416 g/mol. The van der Waals surface area contributed by atoms with Crippen LogP contribution in [0.15, 0.2) is 59.5 Å². The minimum atomic E-state index is -0.284. The molecule has 0 aliphatic carbocycles. The molecular formula is C22H20N6O3. The molecule has 4 aromatic rings. The van der Waals surface area contributed by atoms with Gasteiger partial charge in [0.1, 0.15) is 23.0 Å². The molecule has 4 heterocycles. The number of fused-ring (bicyclic) bond motifs is 1. The summed E-state index contributed by atoms with van der Waals surface area (Å²) in [4.78, 5) is 27.4. The van der Waals surface area contributed by atoms with Crippen molar-refractivity contribution in [1.82, 2.24) is 30.0 Å². The first-order chi connectivity index (χ1) is 15.3. The summed E-state index contributed by atoms with van der Waals surface area (Å²) < 4.78 is 11.7. The Morgan fingerprint density at radius 3 is 2.94 bits per heavy atom. The number of aromatic nitrogens is 5. The van der Waals surface area contributed by atoms with Crippen molar-refractivity contribution in [2.75, 3.05) is 13.2 Å². The average Bonchev–Trinajstić information content (AvgIpc) is 3.33. The molecule has 1 aromatic carbocycles. The molecule has 0 N–H and O–H groups in total. The van der Waals surface area contributed by atoms with Crippen LogP contribution in [0.3, 0.4) is 0 Å². The van der Waals surface area contributed by atoms with E-state index >= 15 is 0 Å². The molecule has 9 heteroatoms. The number of pyridine rings is 1. The number of carbonyl (C=O) groups is 1. The van der Waals surface area contributed by atoms with E-state index in [0.29, 0.717) is 29.8 Å². The molecule has 31 heavy (non-hydrogen) atoms. The van der Waals surface area contributed by atoms with Crippen LogP contribution in [0, 0.1) is 0 Å². The summed E-state index contributed by atoms with van der Waals surface area (Å²) in [7, 11) is 0. The lowest BCUT2D eigenvalue weighted by atomic mass is 10.0. The van der Waals surface area contributed by atoms with Crippen molar-refractivity contribution in [2.24, 2.45) is 0 Å². The Hall–Kier alpha value is -3.88. The van der Waals surface area contributed by atoms with Crippen LogP contribution in [-0.2, 0) is 4.79 Å². The summed E-state index contributed by atoms with van der Waals surface area (Å²) in [5.74, 6) is 1.15. The Bertz CT molecular complexity index is 1190. The number of hydrogen-bond acceptors (Lipinski definition) is 8. The maximum Gasteiger partial charge on any atom is 0.267 e. The highest BCUT2D eigenvalue weighted by molar-refractivity contribution is 5.85. The number of hydrogen-bond donors (Lipinski definition) is 0. The zero-order chi connectivity index (χ0) is 21.0. The SMILES string of the molecule is O=C(COc1cccc2cccnc12)N1CCCCC1c1nnc(-c2cnccn2)o1. The molecule has 1 saturated heterocycles. The van der Waals surface area contributed by atoms with Crippen LogP contribution in [0.1, 0.15) is 31.2 Å². The number of carbonyl (C=O) groups excluding carboxylic acids is 1. The van der Waals surface area contributed by atoms with Crippen LogP contribution in [0.25, 0.3) is 22.5 Å². The van der Waals surface area contributed by atoms with E-state index in [9.17, 15) is 4.79 Å². The lowest BCUT2D eigenvalue weighted by molar-refractivity contribution is -0.137. The van der Waals surface area contributed by atoms with Gasteiger partial charge in [-0.2, -0.15) is 0 Å². The minimum Gasteiger partial charge on any atom is -0.481 e. The third kappa shape index (κ3) is 3.94. The quantitative estimate of drug-likeness (QED) is 0.488. The van der Waals surface area contributed by atoms with Gasteiger partial charge in [-0.15, -0.1) is 10.2 Å². The lowest BCUT2D eigenvalue weighted by Crippen LogP contribution is -2.41. The third-order valence-corrected chi connectivity index (χ3v) is 5.28. The van der Waals surface area contributed by atoms with Crippen molar-refractivity contribution in [3.8, 4) is 17.3 Å². The first-order valence-electron chi connectivity index (χ1n) is 10.2. The standard InChI is InChI=1S/C22H20N6O3/c29-19(14-30-18-8-3-5-15-6-4-9-25-20(15)18)28-12-2-1-7-17(28)22-27-26-21(31-22)16-13-23-10-11-24-16/h3-6,8-11,13,17H,1-2,7,12,14H2. The molecule has 0 radical (unpaired) electrons. The predicted octanol–water partition coefficient (Wildman–Crippen LogP) is 3.21. The van der Waals surface area contributed by atoms with Gasteiger partial charge in [-0.3, -0.25) is 14.8 Å². The second-order valence-electron chi connectivity index (χ2n) is 7.25. The molecule has 1 atom stereocenters. The topological polar surface area (TPSA) is 107 Å². The molecule has 9 nitrogen and oxygen atoms in total. The van der Waals surface area contributed by atoms with E-state index in [1.165, 1.54) is 0 Å². The maximum atomic E-state index is 13.0. The van der Waals surface area contributed by atoms with E-state index in [1.807, 2.05) is 30.3 Å². The van der Waals surface area contributed by atoms with Crippen LogP contribution < -0.4 is 4.74 Å². The number of benzene rings is 1. The number of ether oxygens (including phenoxy) is 1. The van der Waals surface area contributed by atoms with E-state index < -0.39 is 0 Å². The Morgan fingerprint density at radius 2 is 2.03 bits per heavy atom. The van der Waals surface area contributed by atoms with Gasteiger partial charge in [0.25, 0.3) is 11.8 Å². The van der Waals surface area contributed by atoms with Crippen molar-refractivity contribution in [3.63, 3.8) is 0 Å². The molecule has 1 unspecified atom stereocenters. The average molecular weight is 416 g/mol. The maximum absolute atomic E-state index is 13.0. The van der Waals surface area contributed by atoms with E-state index in [1.54, 1.807) is 29.7 Å². The summed E-state index contributed by atoms with van der Waals surface area (Å²) in [6.45, 7) is 0.529. The highest BCUT2D eigenvalue weighted by Crippen LogP contribution is 2.32. The van der Waals surface area contributed by atoms with Gasteiger partial charge in [0.05, 0.1) is 6.20 Å². The molecule has 5 rings (SSSR count). The Morgan fingerprint density at radius 1 is 1.10 bits per heavy atom. The molecule has 156 valence electrons. The Kier molecular flexibility index (Phi) is 5.22. The minimum absolute atomic E-state index is 0.0860. The Labute approximate surface area is 178 Å². The van der Waals surface area contributed by atoms with Crippen molar-refractivity contribution in [2.45, 2.75) is 25.3 Å². The Balaban J connectivity index is 1.32. The van der Waals surface area contributed by atoms with Gasteiger partial charge in [0, 0.05) is 30.5 Å². The van der Waals surface area contributed by atoms with Gasteiger partial charge in [-0.05, 0) is 31.4 Å². The van der Waals surface area contributed by atoms with Crippen LogP contribution in [0.5, 0.6) is 5.75 Å². The van der Waals surface area contributed by atoms with E-state index in [-0.39, 0.29) is 18.6 Å². The number of amides is 1. The van der Waals surface area contributed by atoms with Crippen LogP contribution in [0.4, 0.5) is 0 Å². The number of nitrogens with zero attached hydrogens (tertiary/aromatic N) is 6. The molecule has 1 fully saturated rings. The zero-order valence-corrected chi connectivity index (χ0v) is 16.7. The number of para-hydroxylation sites is 1. The molecule has 1 aliphatic rings. The summed E-state index contributed by atoms with van der Waals surface area (Å²) in [5.41, 5.74) is 1.24. The fourth-order valence-electron chi connectivity index (χ4n) is 3.78. The smallest absolute Gasteiger partial charge is 0.267 e. The number of likely N-dealkylation sites (tertiary alicyclic amines) is 1.